The number of anilines is 3. The molecule has 0 atom stereocenters. The number of fused-ring (bicyclic) bond motifs is 8. The summed E-state index contributed by atoms with van der Waals surface area (Å²) in [6, 6.07) is 87.0. The van der Waals surface area contributed by atoms with E-state index in [1.54, 1.807) is 0 Å². The van der Waals surface area contributed by atoms with Gasteiger partial charge < -0.3 is 9.32 Å². The first kappa shape index (κ1) is 36.4. The number of hydrogen-bond acceptors (Lipinski definition) is 3. The van der Waals surface area contributed by atoms with Gasteiger partial charge in [-0.1, -0.05) is 170 Å². The van der Waals surface area contributed by atoms with Crippen LogP contribution in [0, 0.1) is 0 Å². The molecule has 0 bridgehead atoms. The molecule has 12 rings (SSSR count). The second-order valence-corrected chi connectivity index (χ2v) is 20.9. The fourth-order valence-corrected chi connectivity index (χ4v) is 15.6. The Bertz CT molecular complexity index is 3460. The smallest absolute Gasteiger partial charge is 0.179 e. The zero-order valence-electron chi connectivity index (χ0n) is 33.8. The molecule has 12 aromatic rings. The van der Waals surface area contributed by atoms with Crippen molar-refractivity contribution < 1.29 is 4.42 Å². The number of para-hydroxylation sites is 1. The van der Waals surface area contributed by atoms with E-state index in [2.05, 4.69) is 229 Å². The van der Waals surface area contributed by atoms with Crippen LogP contribution in [-0.2, 0) is 0 Å². The number of hydrogen-bond donors (Lipinski definition) is 0. The Morgan fingerprint density at radius 3 is 1.55 bits per heavy atom. The molecule has 0 unspecified atom stereocenters. The molecule has 62 heavy (non-hydrogen) atoms. The Balaban J connectivity index is 0.992. The van der Waals surface area contributed by atoms with Gasteiger partial charge in [0.05, 0.1) is 0 Å². The molecule has 0 radical (unpaired) electrons. The molecule has 292 valence electrons. The topological polar surface area (TPSA) is 16.4 Å². The molecule has 0 aliphatic heterocycles. The molecule has 0 amide bonds. The highest BCUT2D eigenvalue weighted by molar-refractivity contribution is 7.25. The van der Waals surface area contributed by atoms with Gasteiger partial charge in [-0.05, 0) is 109 Å². The number of benzene rings is 10. The third-order valence-corrected chi connectivity index (χ3v) is 18.6. The van der Waals surface area contributed by atoms with Gasteiger partial charge in [-0.25, -0.2) is 0 Å². The zero-order chi connectivity index (χ0) is 41.0. The van der Waals surface area contributed by atoms with E-state index >= 15 is 0 Å². The molecule has 0 aliphatic carbocycles. The van der Waals surface area contributed by atoms with Gasteiger partial charge >= 0.3 is 0 Å². The quantitative estimate of drug-likeness (QED) is 0.112. The maximum Gasteiger partial charge on any atom is 0.179 e. The second-order valence-electron chi connectivity index (χ2n) is 16.0. The molecule has 0 N–H and O–H groups in total. The van der Waals surface area contributed by atoms with Crippen LogP contribution >= 0.6 is 11.3 Å². The minimum Gasteiger partial charge on any atom is -0.456 e. The molecule has 0 spiro atoms. The van der Waals surface area contributed by atoms with E-state index in [4.69, 9.17) is 4.42 Å². The van der Waals surface area contributed by atoms with Gasteiger partial charge in [-0.2, -0.15) is 0 Å². The standard InChI is InChI=1S/C58H39NOSSi/c1-4-14-46(15-5-1)62(47-16-6-2-7-17-47,48-18-8-3-9-19-48)49-33-30-44(31-34-49)59(45-32-37-57-53(39-45)51-20-11-13-23-56(51)61-57)43-28-24-40(25-29-43)41-26-35-50-42(38-41)27-36-55-58(50)52-21-10-12-22-54(52)60-55/h1-39H. The molecule has 0 fully saturated rings. The zero-order valence-corrected chi connectivity index (χ0v) is 35.6. The van der Waals surface area contributed by atoms with Crippen LogP contribution in [0.15, 0.2) is 241 Å². The highest BCUT2D eigenvalue weighted by Gasteiger charge is 2.41. The summed E-state index contributed by atoms with van der Waals surface area (Å²) in [6.07, 6.45) is 0. The first-order chi connectivity index (χ1) is 30.7. The number of rotatable bonds is 8. The highest BCUT2D eigenvalue weighted by Crippen LogP contribution is 2.42. The molecular weight excluding hydrogens is 787 g/mol. The van der Waals surface area contributed by atoms with Crippen LogP contribution in [0.3, 0.4) is 0 Å². The lowest BCUT2D eigenvalue weighted by molar-refractivity contribution is 0.669. The van der Waals surface area contributed by atoms with Crippen LogP contribution in [0.2, 0.25) is 0 Å². The van der Waals surface area contributed by atoms with Crippen molar-refractivity contribution in [2.75, 3.05) is 4.90 Å². The summed E-state index contributed by atoms with van der Waals surface area (Å²) in [7, 11) is -2.69. The Morgan fingerprint density at radius 2 is 0.871 bits per heavy atom. The van der Waals surface area contributed by atoms with E-state index in [9.17, 15) is 0 Å². The molecule has 4 heteroatoms. The van der Waals surface area contributed by atoms with E-state index in [1.807, 2.05) is 23.5 Å². The van der Waals surface area contributed by atoms with Crippen molar-refractivity contribution in [1.29, 1.82) is 0 Å². The van der Waals surface area contributed by atoms with E-state index in [-0.39, 0.29) is 0 Å². The average Bonchev–Trinajstić information content (AvgIpc) is 3.92. The molecule has 2 aromatic heterocycles. The number of thiophene rings is 1. The molecule has 0 saturated heterocycles. The second kappa shape index (κ2) is 14.9. The Kier molecular flexibility index (Phi) is 8.73. The van der Waals surface area contributed by atoms with Crippen LogP contribution in [0.5, 0.6) is 0 Å². The molecule has 2 nitrogen and oxygen atoms in total. The van der Waals surface area contributed by atoms with Crippen molar-refractivity contribution >= 4 is 110 Å². The third-order valence-electron chi connectivity index (χ3n) is 12.6. The molecular formula is C58H39NOSSi. The van der Waals surface area contributed by atoms with E-state index in [1.165, 1.54) is 68.2 Å². The Labute approximate surface area is 365 Å². The monoisotopic (exact) mass is 825 g/mol. The van der Waals surface area contributed by atoms with Crippen LogP contribution in [-0.4, -0.2) is 8.07 Å². The van der Waals surface area contributed by atoms with Crippen molar-refractivity contribution in [1.82, 2.24) is 0 Å². The molecule has 2 heterocycles. The van der Waals surface area contributed by atoms with Gasteiger partial charge in [0.25, 0.3) is 0 Å². The third kappa shape index (κ3) is 5.91. The van der Waals surface area contributed by atoms with Crippen LogP contribution in [0.1, 0.15) is 0 Å². The van der Waals surface area contributed by atoms with Crippen molar-refractivity contribution in [3.8, 4) is 11.1 Å². The highest BCUT2D eigenvalue weighted by atomic mass is 32.1. The predicted molar refractivity (Wildman–Crippen MR) is 268 cm³/mol. The summed E-state index contributed by atoms with van der Waals surface area (Å²) in [5, 5.41) is 12.7. The van der Waals surface area contributed by atoms with E-state index < -0.39 is 8.07 Å². The first-order valence-electron chi connectivity index (χ1n) is 21.2. The van der Waals surface area contributed by atoms with Gasteiger partial charge in [0, 0.05) is 48.0 Å². The number of nitrogens with zero attached hydrogens (tertiary/aromatic N) is 1. The first-order valence-corrected chi connectivity index (χ1v) is 24.0. The van der Waals surface area contributed by atoms with Gasteiger partial charge in [0.15, 0.2) is 8.07 Å². The van der Waals surface area contributed by atoms with Crippen LogP contribution < -0.4 is 25.6 Å². The minimum atomic E-state index is -2.69. The van der Waals surface area contributed by atoms with Crippen molar-refractivity contribution in [3.05, 3.63) is 237 Å². The minimum absolute atomic E-state index is 0.921. The fraction of sp³-hybridized carbons (Fsp3) is 0. The largest absolute Gasteiger partial charge is 0.456 e. The van der Waals surface area contributed by atoms with Crippen molar-refractivity contribution in [2.24, 2.45) is 0 Å². The Hall–Kier alpha value is -7.50. The van der Waals surface area contributed by atoms with Gasteiger partial charge in [0.2, 0.25) is 0 Å². The average molecular weight is 826 g/mol. The van der Waals surface area contributed by atoms with Gasteiger partial charge in [-0.15, -0.1) is 11.3 Å². The summed E-state index contributed by atoms with van der Waals surface area (Å²) in [5.41, 5.74) is 7.54. The lowest BCUT2D eigenvalue weighted by Crippen LogP contribution is -2.74. The summed E-state index contributed by atoms with van der Waals surface area (Å²) >= 11 is 1.85. The SMILES string of the molecule is c1ccc([Si](c2ccccc2)(c2ccccc2)c2ccc(N(c3ccc(-c4ccc5c(ccc6oc7ccccc7c65)c4)cc3)c3ccc4sc5ccccc5c4c3)cc2)cc1. The normalized spacial score (nSPS) is 11.9. The van der Waals surface area contributed by atoms with E-state index in [0.29, 0.717) is 0 Å². The molecule has 0 aliphatic rings. The fourth-order valence-electron chi connectivity index (χ4n) is 9.76. The van der Waals surface area contributed by atoms with Crippen molar-refractivity contribution in [3.63, 3.8) is 0 Å². The maximum absolute atomic E-state index is 6.21. The lowest BCUT2D eigenvalue weighted by Gasteiger charge is -2.35. The summed E-state index contributed by atoms with van der Waals surface area (Å²) in [5.74, 6) is 0. The lowest BCUT2D eigenvalue weighted by atomic mass is 9.98. The summed E-state index contributed by atoms with van der Waals surface area (Å²) in [6.45, 7) is 0. The predicted octanol–water partition coefficient (Wildman–Crippen LogP) is 13.6. The molecule has 0 saturated carbocycles. The van der Waals surface area contributed by atoms with Crippen molar-refractivity contribution in [2.45, 2.75) is 0 Å². The molecule has 10 aromatic carbocycles. The van der Waals surface area contributed by atoms with Crippen LogP contribution in [0.25, 0.3) is 64.0 Å². The van der Waals surface area contributed by atoms with Crippen LogP contribution in [0.4, 0.5) is 17.1 Å². The van der Waals surface area contributed by atoms with Gasteiger partial charge in [0.1, 0.15) is 11.2 Å². The summed E-state index contributed by atoms with van der Waals surface area (Å²) in [4.78, 5) is 2.41. The Morgan fingerprint density at radius 1 is 0.339 bits per heavy atom. The van der Waals surface area contributed by atoms with E-state index in [0.717, 1.165) is 33.6 Å². The number of furan rings is 1. The maximum atomic E-state index is 6.21. The summed E-state index contributed by atoms with van der Waals surface area (Å²) < 4.78 is 8.81. The van der Waals surface area contributed by atoms with Gasteiger partial charge in [-0.3, -0.25) is 0 Å².